The average molecular weight is 212 g/mol. The molecule has 2 heterocycles. The highest BCUT2D eigenvalue weighted by Crippen LogP contribution is 2.38. The fourth-order valence-electron chi connectivity index (χ4n) is 1.46. The van der Waals surface area contributed by atoms with E-state index in [2.05, 4.69) is 20.5 Å². The van der Waals surface area contributed by atoms with E-state index in [1.165, 1.54) is 6.33 Å². The van der Waals surface area contributed by atoms with E-state index in [-0.39, 0.29) is 10.7 Å². The van der Waals surface area contributed by atoms with Gasteiger partial charge in [-0.2, -0.15) is 10.1 Å². The SMILES string of the molecule is CC1(C(=O)Nc2ncn[nH]2)CCCS1. The lowest BCUT2D eigenvalue weighted by Gasteiger charge is -2.20. The lowest BCUT2D eigenvalue weighted by Crippen LogP contribution is -2.35. The number of aromatic amines is 1. The number of anilines is 1. The maximum Gasteiger partial charge on any atom is 0.242 e. The number of amides is 1. The van der Waals surface area contributed by atoms with Crippen molar-refractivity contribution in [2.45, 2.75) is 24.5 Å². The predicted octanol–water partition coefficient (Wildman–Crippen LogP) is 1.03. The van der Waals surface area contributed by atoms with Gasteiger partial charge in [0.2, 0.25) is 11.9 Å². The molecular formula is C8H12N4OS. The lowest BCUT2D eigenvalue weighted by molar-refractivity contribution is -0.118. The monoisotopic (exact) mass is 212 g/mol. The summed E-state index contributed by atoms with van der Waals surface area (Å²) in [4.78, 5) is 15.7. The first kappa shape index (κ1) is 9.51. The summed E-state index contributed by atoms with van der Waals surface area (Å²) in [5, 5.41) is 8.99. The van der Waals surface area contributed by atoms with Gasteiger partial charge in [-0.05, 0) is 25.5 Å². The second-order valence-electron chi connectivity index (χ2n) is 3.47. The fraction of sp³-hybridized carbons (Fsp3) is 0.625. The average Bonchev–Trinajstić information content (AvgIpc) is 2.76. The van der Waals surface area contributed by atoms with E-state index in [1.807, 2.05) is 6.92 Å². The third-order valence-corrected chi connectivity index (χ3v) is 3.87. The summed E-state index contributed by atoms with van der Waals surface area (Å²) in [6.45, 7) is 1.97. The van der Waals surface area contributed by atoms with E-state index in [0.717, 1.165) is 18.6 Å². The number of aromatic nitrogens is 3. The molecule has 0 bridgehead atoms. The van der Waals surface area contributed by atoms with Gasteiger partial charge in [-0.25, -0.2) is 5.10 Å². The molecule has 5 nitrogen and oxygen atoms in total. The maximum atomic E-state index is 11.8. The van der Waals surface area contributed by atoms with Crippen LogP contribution in [-0.2, 0) is 4.79 Å². The van der Waals surface area contributed by atoms with Crippen LogP contribution in [0.4, 0.5) is 5.95 Å². The quantitative estimate of drug-likeness (QED) is 0.768. The highest BCUT2D eigenvalue weighted by Gasteiger charge is 2.37. The van der Waals surface area contributed by atoms with E-state index in [9.17, 15) is 4.79 Å². The van der Waals surface area contributed by atoms with Crippen LogP contribution in [0.1, 0.15) is 19.8 Å². The summed E-state index contributed by atoms with van der Waals surface area (Å²) in [5.74, 6) is 1.49. The molecule has 76 valence electrons. The van der Waals surface area contributed by atoms with E-state index in [1.54, 1.807) is 11.8 Å². The molecule has 0 aliphatic carbocycles. The molecular weight excluding hydrogens is 200 g/mol. The van der Waals surface area contributed by atoms with Crippen LogP contribution >= 0.6 is 11.8 Å². The molecule has 6 heteroatoms. The molecule has 1 aromatic heterocycles. The Bertz CT molecular complexity index is 318. The van der Waals surface area contributed by atoms with Gasteiger partial charge in [-0.1, -0.05) is 0 Å². The normalized spacial score (nSPS) is 26.4. The second-order valence-corrected chi connectivity index (χ2v) is 5.07. The lowest BCUT2D eigenvalue weighted by atomic mass is 10.1. The Morgan fingerprint density at radius 2 is 2.64 bits per heavy atom. The predicted molar refractivity (Wildman–Crippen MR) is 55.1 cm³/mol. The molecule has 0 saturated carbocycles. The van der Waals surface area contributed by atoms with Gasteiger partial charge >= 0.3 is 0 Å². The maximum absolute atomic E-state index is 11.8. The van der Waals surface area contributed by atoms with E-state index in [4.69, 9.17) is 0 Å². The van der Waals surface area contributed by atoms with E-state index >= 15 is 0 Å². The van der Waals surface area contributed by atoms with Gasteiger partial charge in [0.05, 0.1) is 4.75 Å². The molecule has 2 rings (SSSR count). The number of carbonyl (C=O) groups excluding carboxylic acids is 1. The van der Waals surface area contributed by atoms with Crippen LogP contribution in [0.3, 0.4) is 0 Å². The van der Waals surface area contributed by atoms with Crippen molar-refractivity contribution in [2.75, 3.05) is 11.1 Å². The molecule has 0 aromatic carbocycles. The molecule has 1 amide bonds. The summed E-state index contributed by atoms with van der Waals surface area (Å²) in [7, 11) is 0. The Balaban J connectivity index is 2.02. The topological polar surface area (TPSA) is 70.7 Å². The van der Waals surface area contributed by atoms with Crippen LogP contribution in [-0.4, -0.2) is 31.6 Å². The molecule has 0 spiro atoms. The Kier molecular flexibility index (Phi) is 2.45. The number of hydrogen-bond acceptors (Lipinski definition) is 4. The van der Waals surface area contributed by atoms with Crippen molar-refractivity contribution in [3.63, 3.8) is 0 Å². The van der Waals surface area contributed by atoms with Crippen LogP contribution in [0.5, 0.6) is 0 Å². The van der Waals surface area contributed by atoms with E-state index in [0.29, 0.717) is 5.95 Å². The Hall–Kier alpha value is -1.04. The molecule has 0 radical (unpaired) electrons. The van der Waals surface area contributed by atoms with Gasteiger partial charge in [0.25, 0.3) is 0 Å². The number of thioether (sulfide) groups is 1. The highest BCUT2D eigenvalue weighted by molar-refractivity contribution is 8.01. The third kappa shape index (κ3) is 1.75. The van der Waals surface area contributed by atoms with Crippen molar-refractivity contribution in [1.29, 1.82) is 0 Å². The molecule has 1 saturated heterocycles. The molecule has 1 aromatic rings. The number of nitrogens with one attached hydrogen (secondary N) is 2. The Morgan fingerprint density at radius 1 is 1.79 bits per heavy atom. The van der Waals surface area contributed by atoms with Gasteiger partial charge < -0.3 is 0 Å². The first-order chi connectivity index (χ1) is 6.71. The van der Waals surface area contributed by atoms with Crippen molar-refractivity contribution in [2.24, 2.45) is 0 Å². The summed E-state index contributed by atoms with van der Waals surface area (Å²) in [5.41, 5.74) is 0. The van der Waals surface area contributed by atoms with E-state index < -0.39 is 0 Å². The molecule has 1 unspecified atom stereocenters. The fourth-order valence-corrected chi connectivity index (χ4v) is 2.67. The van der Waals surface area contributed by atoms with Crippen molar-refractivity contribution in [3.8, 4) is 0 Å². The zero-order valence-electron chi connectivity index (χ0n) is 7.91. The highest BCUT2D eigenvalue weighted by atomic mass is 32.2. The molecule has 1 atom stereocenters. The van der Waals surface area contributed by atoms with Crippen molar-refractivity contribution in [3.05, 3.63) is 6.33 Å². The minimum atomic E-state index is -0.299. The first-order valence-electron chi connectivity index (χ1n) is 4.51. The zero-order valence-corrected chi connectivity index (χ0v) is 8.73. The van der Waals surface area contributed by atoms with Crippen LogP contribution in [0.15, 0.2) is 6.33 Å². The third-order valence-electron chi connectivity index (χ3n) is 2.35. The van der Waals surface area contributed by atoms with Crippen molar-refractivity contribution < 1.29 is 4.79 Å². The first-order valence-corrected chi connectivity index (χ1v) is 5.50. The van der Waals surface area contributed by atoms with Gasteiger partial charge in [0, 0.05) is 0 Å². The molecule has 1 aliphatic heterocycles. The number of H-pyrrole nitrogens is 1. The summed E-state index contributed by atoms with van der Waals surface area (Å²) in [6, 6.07) is 0. The second kappa shape index (κ2) is 3.61. The van der Waals surface area contributed by atoms with Crippen LogP contribution < -0.4 is 5.32 Å². The number of hydrogen-bond donors (Lipinski definition) is 2. The van der Waals surface area contributed by atoms with Gasteiger partial charge in [-0.3, -0.25) is 10.1 Å². The Morgan fingerprint density at radius 3 is 3.21 bits per heavy atom. The standard InChI is InChI=1S/C8H12N4OS/c1-8(3-2-4-14-8)6(13)11-7-9-5-10-12-7/h5H,2-4H2,1H3,(H2,9,10,11,12,13). The number of carbonyl (C=O) groups is 1. The molecule has 2 N–H and O–H groups in total. The molecule has 14 heavy (non-hydrogen) atoms. The van der Waals surface area contributed by atoms with Gasteiger partial charge in [-0.15, -0.1) is 11.8 Å². The molecule has 1 fully saturated rings. The van der Waals surface area contributed by atoms with Crippen LogP contribution in [0, 0.1) is 0 Å². The summed E-state index contributed by atoms with van der Waals surface area (Å²) >= 11 is 1.70. The summed E-state index contributed by atoms with van der Waals surface area (Å²) < 4.78 is -0.299. The van der Waals surface area contributed by atoms with Crippen LogP contribution in [0.25, 0.3) is 0 Å². The minimum Gasteiger partial charge on any atom is -0.294 e. The van der Waals surface area contributed by atoms with Crippen LogP contribution in [0.2, 0.25) is 0 Å². The molecule has 1 aliphatic rings. The van der Waals surface area contributed by atoms with Crippen molar-refractivity contribution in [1.82, 2.24) is 15.2 Å². The van der Waals surface area contributed by atoms with Crippen molar-refractivity contribution >= 4 is 23.6 Å². The number of rotatable bonds is 2. The summed E-state index contributed by atoms with van der Waals surface area (Å²) in [6.07, 6.45) is 3.41. The minimum absolute atomic E-state index is 0.0109. The van der Waals surface area contributed by atoms with Gasteiger partial charge in [0.15, 0.2) is 0 Å². The smallest absolute Gasteiger partial charge is 0.242 e. The number of nitrogens with zero attached hydrogens (tertiary/aromatic N) is 2. The Labute approximate surface area is 86.1 Å². The largest absolute Gasteiger partial charge is 0.294 e. The van der Waals surface area contributed by atoms with Gasteiger partial charge in [0.1, 0.15) is 6.33 Å². The zero-order chi connectivity index (χ0) is 10.0.